The van der Waals surface area contributed by atoms with Crippen LogP contribution in [-0.2, 0) is 32.6 Å². The maximum Gasteiger partial charge on any atom is 0.244 e. The van der Waals surface area contributed by atoms with E-state index in [1.807, 2.05) is 30.3 Å². The number of hydrogen-bond acceptors (Lipinski definition) is 4. The lowest BCUT2D eigenvalue weighted by Crippen LogP contribution is -2.53. The molecule has 3 aromatic carbocycles. The van der Waals surface area contributed by atoms with Crippen molar-refractivity contribution in [2.75, 3.05) is 23.7 Å². The summed E-state index contributed by atoms with van der Waals surface area (Å²) in [5.74, 6) is -0.964. The predicted octanol–water partition coefficient (Wildman–Crippen LogP) is 5.30. The number of carbonyl (C=O) groups is 2. The molecular weight excluding hydrogens is 613 g/mol. The Morgan fingerprint density at radius 3 is 2.13 bits per heavy atom. The second-order valence-electron chi connectivity index (χ2n) is 8.54. The average Bonchev–Trinajstić information content (AvgIpc) is 2.86. The first-order chi connectivity index (χ1) is 18.0. The molecule has 0 aromatic heterocycles. The summed E-state index contributed by atoms with van der Waals surface area (Å²) >= 11 is 16.3. The zero-order chi connectivity index (χ0) is 27.9. The quantitative estimate of drug-likeness (QED) is 0.308. The fourth-order valence-electron chi connectivity index (χ4n) is 3.95. The third kappa shape index (κ3) is 7.72. The highest BCUT2D eigenvalue weighted by molar-refractivity contribution is 9.10. The number of rotatable bonds is 11. The maximum absolute atomic E-state index is 14.0. The van der Waals surface area contributed by atoms with Gasteiger partial charge >= 0.3 is 0 Å². The van der Waals surface area contributed by atoms with Crippen molar-refractivity contribution >= 4 is 66.7 Å². The van der Waals surface area contributed by atoms with Crippen LogP contribution in [0.15, 0.2) is 77.3 Å². The molecule has 0 bridgehead atoms. The van der Waals surface area contributed by atoms with Crippen LogP contribution in [0.1, 0.15) is 18.1 Å². The topological polar surface area (TPSA) is 86.8 Å². The van der Waals surface area contributed by atoms with Gasteiger partial charge in [0, 0.05) is 39.6 Å². The first kappa shape index (κ1) is 30.0. The van der Waals surface area contributed by atoms with Crippen LogP contribution in [0.4, 0.5) is 5.69 Å². The monoisotopic (exact) mass is 639 g/mol. The second kappa shape index (κ2) is 13.5. The first-order valence-electron chi connectivity index (χ1n) is 11.8. The molecule has 0 saturated heterocycles. The molecule has 0 aliphatic rings. The molecule has 0 radical (unpaired) electrons. The number of nitrogens with zero attached hydrogens (tertiary/aromatic N) is 2. The number of hydrogen-bond donors (Lipinski definition) is 1. The van der Waals surface area contributed by atoms with E-state index in [1.54, 1.807) is 49.4 Å². The highest BCUT2D eigenvalue weighted by Crippen LogP contribution is 2.30. The number of likely N-dealkylation sites (N-methyl/N-ethyl adjacent to an activating group) is 1. The minimum absolute atomic E-state index is 0.0977. The molecule has 202 valence electrons. The van der Waals surface area contributed by atoms with Crippen LogP contribution in [-0.4, -0.2) is 50.5 Å². The van der Waals surface area contributed by atoms with Gasteiger partial charge in [0.2, 0.25) is 21.8 Å². The summed E-state index contributed by atoms with van der Waals surface area (Å²) in [6, 6.07) is 20.0. The lowest BCUT2D eigenvalue weighted by atomic mass is 10.0. The summed E-state index contributed by atoms with van der Waals surface area (Å²) in [4.78, 5) is 28.7. The van der Waals surface area contributed by atoms with Gasteiger partial charge < -0.3 is 10.2 Å². The standard InChI is InChI=1S/C27H28BrCl2N3O4S/c1-3-31-27(35)25(16-19-10-5-4-6-11-19)32(17-20-22(29)13-9-14-23(20)30)26(34)18-33(38(2,36)37)24-15-8-7-12-21(24)28/h4-15,25H,3,16-18H2,1-2H3,(H,31,35). The van der Waals surface area contributed by atoms with Crippen LogP contribution in [0, 0.1) is 0 Å². The fraction of sp³-hybridized carbons (Fsp3) is 0.259. The molecule has 0 aliphatic carbocycles. The highest BCUT2D eigenvalue weighted by atomic mass is 79.9. The van der Waals surface area contributed by atoms with Crippen molar-refractivity contribution in [3.05, 3.63) is 98.4 Å². The average molecular weight is 641 g/mol. The summed E-state index contributed by atoms with van der Waals surface area (Å²) in [5, 5.41) is 3.46. The van der Waals surface area contributed by atoms with E-state index < -0.39 is 28.5 Å². The van der Waals surface area contributed by atoms with E-state index >= 15 is 0 Å². The van der Waals surface area contributed by atoms with Crippen molar-refractivity contribution in [2.45, 2.75) is 25.9 Å². The SMILES string of the molecule is CCNC(=O)C(Cc1ccccc1)N(Cc1c(Cl)cccc1Cl)C(=O)CN(c1ccccc1Br)S(C)(=O)=O. The number of halogens is 3. The minimum atomic E-state index is -3.87. The summed E-state index contributed by atoms with van der Waals surface area (Å²) < 4.78 is 27.2. The molecule has 1 N–H and O–H groups in total. The molecule has 2 amide bonds. The van der Waals surface area contributed by atoms with Crippen molar-refractivity contribution in [2.24, 2.45) is 0 Å². The molecule has 0 heterocycles. The molecule has 0 spiro atoms. The van der Waals surface area contributed by atoms with Crippen molar-refractivity contribution < 1.29 is 18.0 Å². The Kier molecular flexibility index (Phi) is 10.6. The molecule has 1 atom stereocenters. The normalized spacial score (nSPS) is 12.0. The van der Waals surface area contributed by atoms with E-state index in [-0.39, 0.29) is 18.9 Å². The number of sulfonamides is 1. The molecule has 7 nitrogen and oxygen atoms in total. The van der Waals surface area contributed by atoms with E-state index in [2.05, 4.69) is 21.2 Å². The van der Waals surface area contributed by atoms with Gasteiger partial charge in [-0.2, -0.15) is 0 Å². The Balaban J connectivity index is 2.10. The van der Waals surface area contributed by atoms with Crippen molar-refractivity contribution in [1.29, 1.82) is 0 Å². The van der Waals surface area contributed by atoms with E-state index in [0.29, 0.717) is 32.3 Å². The van der Waals surface area contributed by atoms with Crippen LogP contribution in [0.5, 0.6) is 0 Å². The van der Waals surface area contributed by atoms with E-state index in [0.717, 1.165) is 16.1 Å². The Morgan fingerprint density at radius 2 is 1.55 bits per heavy atom. The third-order valence-electron chi connectivity index (χ3n) is 5.81. The van der Waals surface area contributed by atoms with Crippen molar-refractivity contribution in [3.8, 4) is 0 Å². The van der Waals surface area contributed by atoms with E-state index in [4.69, 9.17) is 23.2 Å². The predicted molar refractivity (Wildman–Crippen MR) is 156 cm³/mol. The zero-order valence-corrected chi connectivity index (χ0v) is 24.8. The number of carbonyl (C=O) groups excluding carboxylic acids is 2. The van der Waals surface area contributed by atoms with Gasteiger partial charge in [0.1, 0.15) is 12.6 Å². The van der Waals surface area contributed by atoms with Gasteiger partial charge in [0.25, 0.3) is 0 Å². The lowest BCUT2D eigenvalue weighted by molar-refractivity contribution is -0.140. The van der Waals surface area contributed by atoms with E-state index in [1.165, 1.54) is 4.90 Å². The van der Waals surface area contributed by atoms with Gasteiger partial charge in [-0.1, -0.05) is 71.7 Å². The zero-order valence-electron chi connectivity index (χ0n) is 20.9. The van der Waals surface area contributed by atoms with Crippen molar-refractivity contribution in [3.63, 3.8) is 0 Å². The molecule has 0 aliphatic heterocycles. The van der Waals surface area contributed by atoms with Gasteiger partial charge in [-0.25, -0.2) is 8.42 Å². The summed E-state index contributed by atoms with van der Waals surface area (Å²) in [6.07, 6.45) is 1.23. The summed E-state index contributed by atoms with van der Waals surface area (Å²) in [6.45, 7) is 1.51. The Hall–Kier alpha value is -2.59. The Bertz CT molecular complexity index is 1370. The molecule has 0 fully saturated rings. The molecule has 3 aromatic rings. The van der Waals surface area contributed by atoms with Crippen LogP contribution in [0.3, 0.4) is 0 Å². The van der Waals surface area contributed by atoms with Gasteiger partial charge in [-0.15, -0.1) is 0 Å². The van der Waals surface area contributed by atoms with Crippen molar-refractivity contribution in [1.82, 2.24) is 10.2 Å². The first-order valence-corrected chi connectivity index (χ1v) is 15.2. The highest BCUT2D eigenvalue weighted by Gasteiger charge is 2.34. The van der Waals surface area contributed by atoms with Crippen LogP contribution in [0.25, 0.3) is 0 Å². The van der Waals surface area contributed by atoms with Crippen LogP contribution < -0.4 is 9.62 Å². The lowest BCUT2D eigenvalue weighted by Gasteiger charge is -2.34. The smallest absolute Gasteiger partial charge is 0.244 e. The molecule has 3 rings (SSSR count). The molecule has 11 heteroatoms. The maximum atomic E-state index is 14.0. The molecule has 38 heavy (non-hydrogen) atoms. The largest absolute Gasteiger partial charge is 0.355 e. The van der Waals surface area contributed by atoms with Crippen LogP contribution >= 0.6 is 39.1 Å². The Morgan fingerprint density at radius 1 is 0.947 bits per heavy atom. The number of para-hydroxylation sites is 1. The van der Waals surface area contributed by atoms with Gasteiger partial charge in [0.15, 0.2) is 0 Å². The summed E-state index contributed by atoms with van der Waals surface area (Å²) in [5.41, 5.74) is 1.59. The number of anilines is 1. The van der Waals surface area contributed by atoms with Gasteiger partial charge in [0.05, 0.1) is 11.9 Å². The van der Waals surface area contributed by atoms with Gasteiger partial charge in [-0.3, -0.25) is 13.9 Å². The van der Waals surface area contributed by atoms with E-state index in [9.17, 15) is 18.0 Å². The number of nitrogens with one attached hydrogen (secondary N) is 1. The summed E-state index contributed by atoms with van der Waals surface area (Å²) in [7, 11) is -3.87. The second-order valence-corrected chi connectivity index (χ2v) is 12.1. The van der Waals surface area contributed by atoms with Gasteiger partial charge in [-0.05, 0) is 52.7 Å². The van der Waals surface area contributed by atoms with Crippen LogP contribution in [0.2, 0.25) is 10.0 Å². The Labute approximate surface area is 241 Å². The number of amides is 2. The molecular formula is C27H28BrCl2N3O4S. The minimum Gasteiger partial charge on any atom is -0.355 e. The molecule has 1 unspecified atom stereocenters. The molecule has 0 saturated carbocycles. The third-order valence-corrected chi connectivity index (χ3v) is 8.32. The number of benzene rings is 3. The fourth-order valence-corrected chi connectivity index (χ4v) is 5.94.